The fourth-order valence-electron chi connectivity index (χ4n) is 2.84. The molecule has 0 atom stereocenters. The Bertz CT molecular complexity index is 880. The lowest BCUT2D eigenvalue weighted by Gasteiger charge is -2.15. The maximum atomic E-state index is 7.76. The summed E-state index contributed by atoms with van der Waals surface area (Å²) in [6, 6.07) is 13.2. The van der Waals surface area contributed by atoms with E-state index in [2.05, 4.69) is 4.98 Å². The molecule has 0 fully saturated rings. The molecule has 0 saturated heterocycles. The van der Waals surface area contributed by atoms with Crippen molar-refractivity contribution in [2.75, 3.05) is 14.2 Å². The number of ether oxygens (including phenoxy) is 2. The first-order valence-corrected chi connectivity index (χ1v) is 7.80. The Morgan fingerprint density at radius 3 is 2.40 bits per heavy atom. The second-order valence-corrected chi connectivity index (χ2v) is 5.49. The highest BCUT2D eigenvalue weighted by Crippen LogP contribution is 2.37. The Morgan fingerprint density at radius 2 is 1.76 bits per heavy atom. The molecule has 0 saturated carbocycles. The van der Waals surface area contributed by atoms with Gasteiger partial charge in [-0.2, -0.15) is 0 Å². The van der Waals surface area contributed by atoms with Gasteiger partial charge in [-0.1, -0.05) is 30.3 Å². The van der Waals surface area contributed by atoms with Gasteiger partial charge in [0.2, 0.25) is 0 Å². The minimum absolute atomic E-state index is 0.0483. The minimum Gasteiger partial charge on any atom is -0.496 e. The first-order chi connectivity index (χ1) is 12.2. The molecule has 0 aliphatic rings. The zero-order valence-electron chi connectivity index (χ0n) is 14.2. The van der Waals surface area contributed by atoms with Crippen molar-refractivity contribution >= 4 is 5.84 Å². The Hall–Kier alpha value is -3.28. The predicted molar refractivity (Wildman–Crippen MR) is 97.3 cm³/mol. The van der Waals surface area contributed by atoms with Gasteiger partial charge >= 0.3 is 0 Å². The lowest BCUT2D eigenvalue weighted by Crippen LogP contribution is -2.15. The van der Waals surface area contributed by atoms with Gasteiger partial charge in [-0.05, 0) is 17.7 Å². The number of aromatic nitrogens is 2. The minimum atomic E-state index is 0.0483. The van der Waals surface area contributed by atoms with E-state index in [9.17, 15) is 0 Å². The van der Waals surface area contributed by atoms with E-state index in [0.717, 1.165) is 17.0 Å². The van der Waals surface area contributed by atoms with Crippen LogP contribution in [-0.4, -0.2) is 29.6 Å². The summed E-state index contributed by atoms with van der Waals surface area (Å²) in [6.07, 6.45) is 3.62. The van der Waals surface area contributed by atoms with E-state index in [1.165, 1.54) is 0 Å². The zero-order valence-corrected chi connectivity index (χ0v) is 14.2. The predicted octanol–water partition coefficient (Wildman–Crippen LogP) is 2.90. The molecule has 3 rings (SSSR count). The lowest BCUT2D eigenvalue weighted by molar-refractivity contribution is 0.396. The molecule has 6 heteroatoms. The average Bonchev–Trinajstić information content (AvgIpc) is 3.08. The van der Waals surface area contributed by atoms with E-state index in [1.807, 2.05) is 53.2 Å². The van der Waals surface area contributed by atoms with E-state index in [-0.39, 0.29) is 5.84 Å². The van der Waals surface area contributed by atoms with Gasteiger partial charge in [0.25, 0.3) is 0 Å². The molecule has 128 valence electrons. The first-order valence-electron chi connectivity index (χ1n) is 7.80. The number of rotatable bonds is 6. The molecule has 0 amide bonds. The SMILES string of the molecule is COc1cccc(OC)c1-c1nccn1Cc1ccccc1C(=N)N. The van der Waals surface area contributed by atoms with Crippen molar-refractivity contribution in [3.8, 4) is 22.9 Å². The third kappa shape index (κ3) is 3.19. The summed E-state index contributed by atoms with van der Waals surface area (Å²) in [7, 11) is 3.24. The molecule has 0 radical (unpaired) electrons. The molecule has 1 heterocycles. The maximum Gasteiger partial charge on any atom is 0.147 e. The summed E-state index contributed by atoms with van der Waals surface area (Å²) in [4.78, 5) is 4.49. The summed E-state index contributed by atoms with van der Waals surface area (Å²) >= 11 is 0. The van der Waals surface area contributed by atoms with Crippen LogP contribution in [0.25, 0.3) is 11.4 Å². The monoisotopic (exact) mass is 336 g/mol. The number of nitrogen functional groups attached to an aromatic ring is 1. The normalized spacial score (nSPS) is 10.5. The molecule has 0 aliphatic heterocycles. The summed E-state index contributed by atoms with van der Waals surface area (Å²) in [5, 5.41) is 7.76. The van der Waals surface area contributed by atoms with Crippen molar-refractivity contribution < 1.29 is 9.47 Å². The third-order valence-corrected chi connectivity index (χ3v) is 4.02. The topological polar surface area (TPSA) is 86.2 Å². The number of nitrogens with zero attached hydrogens (tertiary/aromatic N) is 2. The largest absolute Gasteiger partial charge is 0.496 e. The number of amidine groups is 1. The molecular formula is C19H20N4O2. The fraction of sp³-hybridized carbons (Fsp3) is 0.158. The average molecular weight is 336 g/mol. The summed E-state index contributed by atoms with van der Waals surface area (Å²) in [6.45, 7) is 0.534. The van der Waals surface area contributed by atoms with Gasteiger partial charge in [0, 0.05) is 24.5 Å². The Labute approximate surface area is 146 Å². The first kappa shape index (κ1) is 16.6. The van der Waals surface area contributed by atoms with E-state index in [4.69, 9.17) is 20.6 Å². The number of methoxy groups -OCH3 is 2. The molecule has 0 unspecified atom stereocenters. The molecular weight excluding hydrogens is 316 g/mol. The molecule has 25 heavy (non-hydrogen) atoms. The van der Waals surface area contributed by atoms with E-state index in [1.54, 1.807) is 20.4 Å². The standard InChI is InChI=1S/C19H20N4O2/c1-24-15-8-5-9-16(25-2)17(15)19-22-10-11-23(19)12-13-6-3-4-7-14(13)18(20)21/h3-11H,12H2,1-2H3,(H3,20,21). The van der Waals surface area contributed by atoms with Crippen LogP contribution in [0.1, 0.15) is 11.1 Å². The number of imidazole rings is 1. The maximum absolute atomic E-state index is 7.76. The highest BCUT2D eigenvalue weighted by Gasteiger charge is 2.18. The van der Waals surface area contributed by atoms with Crippen molar-refractivity contribution in [3.63, 3.8) is 0 Å². The van der Waals surface area contributed by atoms with Crippen LogP contribution in [-0.2, 0) is 6.54 Å². The van der Waals surface area contributed by atoms with Crippen LogP contribution < -0.4 is 15.2 Å². The van der Waals surface area contributed by atoms with E-state index >= 15 is 0 Å². The van der Waals surface area contributed by atoms with E-state index < -0.39 is 0 Å². The molecule has 6 nitrogen and oxygen atoms in total. The van der Waals surface area contributed by atoms with Gasteiger partial charge in [0.15, 0.2) is 0 Å². The summed E-state index contributed by atoms with van der Waals surface area (Å²) < 4.78 is 13.0. The highest BCUT2D eigenvalue weighted by atomic mass is 16.5. The third-order valence-electron chi connectivity index (χ3n) is 4.02. The zero-order chi connectivity index (χ0) is 17.8. The van der Waals surface area contributed by atoms with Crippen molar-refractivity contribution in [2.24, 2.45) is 5.73 Å². The number of nitrogens with two attached hydrogens (primary N) is 1. The number of nitrogens with one attached hydrogen (secondary N) is 1. The van der Waals surface area contributed by atoms with Crippen molar-refractivity contribution in [1.82, 2.24) is 9.55 Å². The van der Waals surface area contributed by atoms with Crippen molar-refractivity contribution in [3.05, 3.63) is 66.0 Å². The highest BCUT2D eigenvalue weighted by molar-refractivity contribution is 5.96. The van der Waals surface area contributed by atoms with Gasteiger partial charge in [0.05, 0.1) is 14.2 Å². The van der Waals surface area contributed by atoms with Crippen LogP contribution in [0.4, 0.5) is 0 Å². The fourth-order valence-corrected chi connectivity index (χ4v) is 2.84. The van der Waals surface area contributed by atoms with Gasteiger partial charge < -0.3 is 19.8 Å². The quantitative estimate of drug-likeness (QED) is 0.535. The summed E-state index contributed by atoms with van der Waals surface area (Å²) in [5.74, 6) is 2.15. The Kier molecular flexibility index (Phi) is 4.70. The van der Waals surface area contributed by atoms with Gasteiger partial charge in [0.1, 0.15) is 28.7 Å². The smallest absolute Gasteiger partial charge is 0.147 e. The molecule has 3 N–H and O–H groups in total. The second-order valence-electron chi connectivity index (χ2n) is 5.49. The van der Waals surface area contributed by atoms with Crippen LogP contribution in [0.15, 0.2) is 54.9 Å². The van der Waals surface area contributed by atoms with Gasteiger partial charge in [-0.3, -0.25) is 5.41 Å². The summed E-state index contributed by atoms with van der Waals surface area (Å²) in [5.41, 5.74) is 8.16. The van der Waals surface area contributed by atoms with Crippen LogP contribution in [0.3, 0.4) is 0 Å². The van der Waals surface area contributed by atoms with Crippen molar-refractivity contribution in [2.45, 2.75) is 6.54 Å². The number of hydrogen-bond acceptors (Lipinski definition) is 4. The Morgan fingerprint density at radius 1 is 1.08 bits per heavy atom. The van der Waals surface area contributed by atoms with Crippen LogP contribution in [0.2, 0.25) is 0 Å². The molecule has 0 bridgehead atoms. The lowest BCUT2D eigenvalue weighted by atomic mass is 10.1. The van der Waals surface area contributed by atoms with Crippen LogP contribution in [0.5, 0.6) is 11.5 Å². The van der Waals surface area contributed by atoms with Crippen LogP contribution in [0, 0.1) is 5.41 Å². The van der Waals surface area contributed by atoms with Gasteiger partial charge in [-0.25, -0.2) is 4.98 Å². The molecule has 1 aromatic heterocycles. The molecule has 0 aliphatic carbocycles. The van der Waals surface area contributed by atoms with Gasteiger partial charge in [-0.15, -0.1) is 0 Å². The van der Waals surface area contributed by atoms with E-state index in [0.29, 0.717) is 23.6 Å². The van der Waals surface area contributed by atoms with Crippen molar-refractivity contribution in [1.29, 1.82) is 5.41 Å². The second kappa shape index (κ2) is 7.09. The Balaban J connectivity index is 2.08. The van der Waals surface area contributed by atoms with Crippen LogP contribution >= 0.6 is 0 Å². The molecule has 2 aromatic carbocycles. The number of benzene rings is 2. The molecule has 3 aromatic rings. The molecule has 0 spiro atoms. The number of hydrogen-bond donors (Lipinski definition) is 2.